The number of anilines is 1. The first-order chi connectivity index (χ1) is 11.5. The topological polar surface area (TPSA) is 113 Å². The minimum Gasteiger partial charge on any atom is -0.396 e. The Balaban J connectivity index is 2.05. The van der Waals surface area contributed by atoms with Gasteiger partial charge in [0.05, 0.1) is 0 Å². The number of aliphatic hydroxyl groups is 1. The molecule has 1 heterocycles. The highest BCUT2D eigenvalue weighted by atomic mass is 16.3. The van der Waals surface area contributed by atoms with Crippen molar-refractivity contribution in [1.29, 1.82) is 0 Å². The fourth-order valence-electron chi connectivity index (χ4n) is 2.00. The van der Waals surface area contributed by atoms with E-state index in [1.54, 1.807) is 36.0 Å². The molecule has 8 heteroatoms. The van der Waals surface area contributed by atoms with Crippen LogP contribution in [0.1, 0.15) is 22.6 Å². The maximum absolute atomic E-state index is 12.4. The zero-order chi connectivity index (χ0) is 17.5. The molecular weight excluding hydrogens is 312 g/mol. The van der Waals surface area contributed by atoms with Crippen LogP contribution < -0.4 is 10.6 Å². The number of carbonyl (C=O) groups excluding carboxylic acids is 3. The summed E-state index contributed by atoms with van der Waals surface area (Å²) < 4.78 is 1.60. The van der Waals surface area contributed by atoms with Crippen LogP contribution in [0.25, 0.3) is 0 Å². The molecule has 1 aromatic carbocycles. The van der Waals surface area contributed by atoms with Gasteiger partial charge in [0.2, 0.25) is 5.78 Å². The number of hydrogen-bond acceptors (Lipinski definition) is 5. The van der Waals surface area contributed by atoms with Gasteiger partial charge in [0.1, 0.15) is 0 Å². The van der Waals surface area contributed by atoms with Crippen molar-refractivity contribution in [2.24, 2.45) is 7.05 Å². The molecule has 0 atom stereocenters. The van der Waals surface area contributed by atoms with E-state index in [0.717, 1.165) is 0 Å². The third-order valence-corrected chi connectivity index (χ3v) is 3.23. The van der Waals surface area contributed by atoms with E-state index < -0.39 is 11.8 Å². The van der Waals surface area contributed by atoms with E-state index in [9.17, 15) is 14.4 Å². The van der Waals surface area contributed by atoms with Gasteiger partial charge < -0.3 is 20.3 Å². The molecule has 0 unspecified atom stereocenters. The average Bonchev–Trinajstić information content (AvgIpc) is 3.00. The molecule has 2 rings (SSSR count). The molecule has 0 saturated carbocycles. The summed E-state index contributed by atoms with van der Waals surface area (Å²) in [6, 6.07) is 6.27. The first kappa shape index (κ1) is 17.4. The van der Waals surface area contributed by atoms with E-state index in [1.807, 2.05) is 0 Å². The second kappa shape index (κ2) is 8.02. The Morgan fingerprint density at radius 2 is 2.04 bits per heavy atom. The number of nitrogens with one attached hydrogen (secondary N) is 2. The largest absolute Gasteiger partial charge is 0.396 e. The van der Waals surface area contributed by atoms with Gasteiger partial charge in [-0.25, -0.2) is 4.98 Å². The predicted octanol–water partition coefficient (Wildman–Crippen LogP) is 0.0882. The molecule has 0 aliphatic rings. The van der Waals surface area contributed by atoms with E-state index >= 15 is 0 Å². The van der Waals surface area contributed by atoms with Gasteiger partial charge in [0, 0.05) is 43.8 Å². The van der Waals surface area contributed by atoms with Crippen LogP contribution in [0.2, 0.25) is 0 Å². The van der Waals surface area contributed by atoms with Crippen molar-refractivity contribution in [3.8, 4) is 0 Å². The van der Waals surface area contributed by atoms with Crippen molar-refractivity contribution in [1.82, 2.24) is 14.9 Å². The quantitative estimate of drug-likeness (QED) is 0.395. The minimum absolute atomic E-state index is 0.0702. The van der Waals surface area contributed by atoms with Crippen LogP contribution in [-0.2, 0) is 16.6 Å². The summed E-state index contributed by atoms with van der Waals surface area (Å²) in [4.78, 5) is 39.7. The summed E-state index contributed by atoms with van der Waals surface area (Å²) in [6.07, 6.45) is 3.55. The number of hydrogen-bond donors (Lipinski definition) is 3. The standard InChI is InChI=1S/C16H18N4O4/c1-20-8-7-17-14(20)13(22)11-4-2-5-12(10-11)19-16(24)15(23)18-6-3-9-21/h2,4-5,7-8,10,21H,3,6,9H2,1H3,(H,18,23)(H,19,24). The molecule has 3 N–H and O–H groups in total. The first-order valence-corrected chi connectivity index (χ1v) is 7.35. The Labute approximate surface area is 138 Å². The Kier molecular flexibility index (Phi) is 5.80. The van der Waals surface area contributed by atoms with E-state index in [1.165, 1.54) is 12.3 Å². The van der Waals surface area contributed by atoms with Crippen LogP contribution in [0.4, 0.5) is 5.69 Å². The van der Waals surface area contributed by atoms with E-state index in [0.29, 0.717) is 17.7 Å². The smallest absolute Gasteiger partial charge is 0.313 e. The molecule has 0 radical (unpaired) electrons. The predicted molar refractivity (Wildman–Crippen MR) is 86.4 cm³/mol. The Morgan fingerprint density at radius 3 is 2.71 bits per heavy atom. The monoisotopic (exact) mass is 330 g/mol. The highest BCUT2D eigenvalue weighted by molar-refractivity contribution is 6.39. The molecule has 0 spiro atoms. The van der Waals surface area contributed by atoms with Crippen LogP contribution in [-0.4, -0.2) is 45.4 Å². The molecular formula is C16H18N4O4. The summed E-state index contributed by atoms with van der Waals surface area (Å²) >= 11 is 0. The normalized spacial score (nSPS) is 10.2. The molecule has 2 aromatic rings. The summed E-state index contributed by atoms with van der Waals surface area (Å²) in [5, 5.41) is 13.5. The van der Waals surface area contributed by atoms with Crippen LogP contribution in [0.5, 0.6) is 0 Å². The van der Waals surface area contributed by atoms with Gasteiger partial charge in [-0.15, -0.1) is 0 Å². The maximum atomic E-state index is 12.4. The molecule has 0 aliphatic heterocycles. The maximum Gasteiger partial charge on any atom is 0.313 e. The van der Waals surface area contributed by atoms with Gasteiger partial charge in [-0.1, -0.05) is 12.1 Å². The molecule has 2 amide bonds. The van der Waals surface area contributed by atoms with Crippen molar-refractivity contribution in [3.05, 3.63) is 48.0 Å². The number of nitrogens with zero attached hydrogens (tertiary/aromatic N) is 2. The second-order valence-corrected chi connectivity index (χ2v) is 5.06. The van der Waals surface area contributed by atoms with Crippen LogP contribution in [0, 0.1) is 0 Å². The average molecular weight is 330 g/mol. The summed E-state index contributed by atoms with van der Waals surface area (Å²) in [7, 11) is 1.71. The minimum atomic E-state index is -0.838. The highest BCUT2D eigenvalue weighted by Gasteiger charge is 2.16. The summed E-state index contributed by atoms with van der Waals surface area (Å²) in [5.74, 6) is -1.65. The number of carbonyl (C=O) groups is 3. The van der Waals surface area contributed by atoms with Gasteiger partial charge in [-0.05, 0) is 18.6 Å². The Hall–Kier alpha value is -3.00. The van der Waals surface area contributed by atoms with Crippen LogP contribution in [0.3, 0.4) is 0 Å². The van der Waals surface area contributed by atoms with Gasteiger partial charge >= 0.3 is 11.8 Å². The SMILES string of the molecule is Cn1ccnc1C(=O)c1cccc(NC(=O)C(=O)NCCCO)c1. The van der Waals surface area contributed by atoms with Gasteiger partial charge in [0.15, 0.2) is 5.82 Å². The van der Waals surface area contributed by atoms with Gasteiger partial charge in [-0.3, -0.25) is 14.4 Å². The Morgan fingerprint density at radius 1 is 1.25 bits per heavy atom. The lowest BCUT2D eigenvalue weighted by Gasteiger charge is -2.07. The molecule has 8 nitrogen and oxygen atoms in total. The zero-order valence-electron chi connectivity index (χ0n) is 13.2. The van der Waals surface area contributed by atoms with Crippen molar-refractivity contribution >= 4 is 23.3 Å². The van der Waals surface area contributed by atoms with E-state index in [2.05, 4.69) is 15.6 Å². The zero-order valence-corrected chi connectivity index (χ0v) is 13.2. The van der Waals surface area contributed by atoms with Crippen molar-refractivity contribution in [2.45, 2.75) is 6.42 Å². The third-order valence-electron chi connectivity index (χ3n) is 3.23. The first-order valence-electron chi connectivity index (χ1n) is 7.35. The van der Waals surface area contributed by atoms with Crippen LogP contribution >= 0.6 is 0 Å². The number of aryl methyl sites for hydroxylation is 1. The van der Waals surface area contributed by atoms with Crippen molar-refractivity contribution in [2.75, 3.05) is 18.5 Å². The fourth-order valence-corrected chi connectivity index (χ4v) is 2.00. The van der Waals surface area contributed by atoms with E-state index in [4.69, 9.17) is 5.11 Å². The van der Waals surface area contributed by atoms with Gasteiger partial charge in [0.25, 0.3) is 0 Å². The molecule has 0 fully saturated rings. The molecule has 126 valence electrons. The molecule has 0 aliphatic carbocycles. The highest BCUT2D eigenvalue weighted by Crippen LogP contribution is 2.14. The number of rotatable bonds is 6. The summed E-state index contributed by atoms with van der Waals surface area (Å²) in [5.41, 5.74) is 0.681. The number of amides is 2. The number of aromatic nitrogens is 2. The second-order valence-electron chi connectivity index (χ2n) is 5.06. The number of ketones is 1. The van der Waals surface area contributed by atoms with Gasteiger partial charge in [-0.2, -0.15) is 0 Å². The summed E-state index contributed by atoms with van der Waals surface area (Å²) in [6.45, 7) is 0.139. The fraction of sp³-hybridized carbons (Fsp3) is 0.250. The molecule has 0 bridgehead atoms. The molecule has 24 heavy (non-hydrogen) atoms. The lowest BCUT2D eigenvalue weighted by molar-refractivity contribution is -0.136. The molecule has 0 saturated heterocycles. The Bertz CT molecular complexity index is 754. The van der Waals surface area contributed by atoms with Crippen molar-refractivity contribution in [3.63, 3.8) is 0 Å². The lowest BCUT2D eigenvalue weighted by atomic mass is 10.1. The number of imidazole rings is 1. The molecule has 1 aromatic heterocycles. The van der Waals surface area contributed by atoms with E-state index in [-0.39, 0.29) is 24.8 Å². The van der Waals surface area contributed by atoms with Crippen LogP contribution in [0.15, 0.2) is 36.7 Å². The number of aliphatic hydroxyl groups excluding tert-OH is 1. The third kappa shape index (κ3) is 4.26. The van der Waals surface area contributed by atoms with Crippen molar-refractivity contribution < 1.29 is 19.5 Å². The lowest BCUT2D eigenvalue weighted by Crippen LogP contribution is -2.36. The number of benzene rings is 1.